The van der Waals surface area contributed by atoms with Crippen LogP contribution in [-0.4, -0.2) is 38.8 Å². The molecule has 2 N–H and O–H groups in total. The standard InChI is InChI=1S/C33H30N4O4/c1-39-29-7-3-5-25(19-29)21-34-36-32(38)28-17-13-24(14-18-28)10-9-23-11-15-27(16-12-23)31-33(41-31)37-35-22-26-6-4-8-30(20-26)40-2/h3-22,31,33,37H,1-2H3,(H,36,38)/b10-9+,34-21+,35-22+. The van der Waals surface area contributed by atoms with Gasteiger partial charge in [-0.2, -0.15) is 10.2 Å². The third-order valence-electron chi connectivity index (χ3n) is 6.38. The largest absolute Gasteiger partial charge is 0.497 e. The summed E-state index contributed by atoms with van der Waals surface area (Å²) in [4.78, 5) is 12.4. The molecule has 0 aliphatic carbocycles. The third-order valence-corrected chi connectivity index (χ3v) is 6.38. The molecule has 1 heterocycles. The Bertz CT molecular complexity index is 1560. The van der Waals surface area contributed by atoms with Crippen molar-refractivity contribution in [2.45, 2.75) is 12.3 Å². The van der Waals surface area contributed by atoms with Gasteiger partial charge in [-0.05, 0) is 64.2 Å². The Hall–Kier alpha value is -5.21. The molecule has 4 aromatic rings. The fourth-order valence-electron chi connectivity index (χ4n) is 4.06. The predicted molar refractivity (Wildman–Crippen MR) is 161 cm³/mol. The Kier molecular flexibility index (Phi) is 8.83. The zero-order valence-electron chi connectivity index (χ0n) is 22.7. The second kappa shape index (κ2) is 13.2. The lowest BCUT2D eigenvalue weighted by atomic mass is 10.1. The SMILES string of the molecule is COc1cccc(/C=N/NC(=O)c2ccc(/C=C/c3ccc(C4OC4N/N=C/c4cccc(OC)c4)cc3)cc2)c1. The first-order valence-electron chi connectivity index (χ1n) is 13.0. The average Bonchev–Trinajstić information content (AvgIpc) is 3.80. The highest BCUT2D eigenvalue weighted by Gasteiger charge is 2.40. The molecule has 41 heavy (non-hydrogen) atoms. The van der Waals surface area contributed by atoms with Gasteiger partial charge in [0.05, 0.1) is 26.6 Å². The van der Waals surface area contributed by atoms with Crippen molar-refractivity contribution >= 4 is 30.5 Å². The predicted octanol–water partition coefficient (Wildman–Crippen LogP) is 5.66. The van der Waals surface area contributed by atoms with Gasteiger partial charge < -0.3 is 14.2 Å². The van der Waals surface area contributed by atoms with Crippen LogP contribution in [-0.2, 0) is 4.74 Å². The second-order valence-electron chi connectivity index (χ2n) is 9.24. The molecule has 1 aliphatic rings. The van der Waals surface area contributed by atoms with Crippen LogP contribution in [0.4, 0.5) is 0 Å². The summed E-state index contributed by atoms with van der Waals surface area (Å²) in [7, 11) is 3.24. The van der Waals surface area contributed by atoms with Gasteiger partial charge in [0, 0.05) is 5.56 Å². The van der Waals surface area contributed by atoms with Gasteiger partial charge in [-0.15, -0.1) is 0 Å². The molecule has 0 radical (unpaired) electrons. The molecule has 5 rings (SSSR count). The van der Waals surface area contributed by atoms with Crippen LogP contribution in [0.2, 0.25) is 0 Å². The molecule has 2 unspecified atom stereocenters. The molecule has 206 valence electrons. The number of nitrogens with one attached hydrogen (secondary N) is 2. The lowest BCUT2D eigenvalue weighted by Crippen LogP contribution is -2.17. The van der Waals surface area contributed by atoms with E-state index in [4.69, 9.17) is 14.2 Å². The molecule has 1 aliphatic heterocycles. The molecule has 8 heteroatoms. The molecule has 1 saturated heterocycles. The first kappa shape index (κ1) is 27.4. The number of benzene rings is 4. The van der Waals surface area contributed by atoms with Crippen molar-refractivity contribution in [2.75, 3.05) is 14.2 Å². The van der Waals surface area contributed by atoms with Gasteiger partial charge in [-0.25, -0.2) is 5.43 Å². The van der Waals surface area contributed by atoms with Gasteiger partial charge in [-0.1, -0.05) is 72.8 Å². The minimum absolute atomic E-state index is 0.0333. The number of hydrogen-bond donors (Lipinski definition) is 2. The number of carbonyl (C=O) groups excluding carboxylic acids is 1. The van der Waals surface area contributed by atoms with Crippen LogP contribution >= 0.6 is 0 Å². The fourth-order valence-corrected chi connectivity index (χ4v) is 4.06. The van der Waals surface area contributed by atoms with E-state index in [-0.39, 0.29) is 18.2 Å². The molecule has 8 nitrogen and oxygen atoms in total. The van der Waals surface area contributed by atoms with Crippen molar-refractivity contribution in [1.82, 2.24) is 10.9 Å². The first-order valence-corrected chi connectivity index (χ1v) is 13.0. The zero-order valence-corrected chi connectivity index (χ0v) is 22.7. The number of epoxide rings is 1. The van der Waals surface area contributed by atoms with Gasteiger partial charge in [0.25, 0.3) is 5.91 Å². The highest BCUT2D eigenvalue weighted by molar-refractivity contribution is 5.95. The fraction of sp³-hybridized carbons (Fsp3) is 0.121. The van der Waals surface area contributed by atoms with Crippen LogP contribution in [0.3, 0.4) is 0 Å². The number of methoxy groups -OCH3 is 2. The molecule has 1 amide bonds. The maximum absolute atomic E-state index is 12.4. The topological polar surface area (TPSA) is 96.8 Å². The van der Waals surface area contributed by atoms with E-state index in [1.165, 1.54) is 0 Å². The quantitative estimate of drug-likeness (QED) is 0.110. The van der Waals surface area contributed by atoms with Gasteiger partial charge in [0.15, 0.2) is 6.23 Å². The number of hydrazone groups is 2. The van der Waals surface area contributed by atoms with Gasteiger partial charge >= 0.3 is 0 Å². The Morgan fingerprint density at radius 2 is 1.29 bits per heavy atom. The Morgan fingerprint density at radius 3 is 1.88 bits per heavy atom. The number of amides is 1. The van der Waals surface area contributed by atoms with E-state index in [1.807, 2.05) is 84.9 Å². The van der Waals surface area contributed by atoms with Crippen LogP contribution in [0, 0.1) is 0 Å². The summed E-state index contributed by atoms with van der Waals surface area (Å²) in [6.07, 6.45) is 7.16. The molecule has 1 fully saturated rings. The highest BCUT2D eigenvalue weighted by Crippen LogP contribution is 2.36. The molecule has 0 saturated carbocycles. The Morgan fingerprint density at radius 1 is 0.732 bits per heavy atom. The summed E-state index contributed by atoms with van der Waals surface area (Å²) in [6.45, 7) is 0. The first-order chi connectivity index (χ1) is 20.1. The Labute approximate surface area is 239 Å². The molecular formula is C33H30N4O4. The monoisotopic (exact) mass is 546 g/mol. The van der Waals surface area contributed by atoms with Crippen molar-refractivity contribution in [3.05, 3.63) is 130 Å². The molecule has 0 spiro atoms. The van der Waals surface area contributed by atoms with E-state index in [1.54, 1.807) is 38.8 Å². The summed E-state index contributed by atoms with van der Waals surface area (Å²) in [5.74, 6) is 1.23. The van der Waals surface area contributed by atoms with E-state index in [2.05, 4.69) is 33.2 Å². The van der Waals surface area contributed by atoms with Crippen molar-refractivity contribution in [3.63, 3.8) is 0 Å². The van der Waals surface area contributed by atoms with Gasteiger partial charge in [0.1, 0.15) is 17.6 Å². The minimum atomic E-state index is -0.281. The molecule has 2 atom stereocenters. The summed E-state index contributed by atoms with van der Waals surface area (Å²) in [5, 5.41) is 8.32. The minimum Gasteiger partial charge on any atom is -0.497 e. The van der Waals surface area contributed by atoms with E-state index in [0.717, 1.165) is 39.3 Å². The zero-order chi connectivity index (χ0) is 28.4. The highest BCUT2D eigenvalue weighted by atomic mass is 16.6. The van der Waals surface area contributed by atoms with Crippen molar-refractivity contribution in [1.29, 1.82) is 0 Å². The summed E-state index contributed by atoms with van der Waals surface area (Å²) in [5.41, 5.74) is 11.0. The number of carbonyl (C=O) groups is 1. The van der Waals surface area contributed by atoms with Gasteiger partial charge in [0.2, 0.25) is 0 Å². The van der Waals surface area contributed by atoms with Crippen LogP contribution in [0.25, 0.3) is 12.2 Å². The van der Waals surface area contributed by atoms with Crippen LogP contribution in [0.5, 0.6) is 11.5 Å². The maximum Gasteiger partial charge on any atom is 0.271 e. The van der Waals surface area contributed by atoms with E-state index in [0.29, 0.717) is 5.56 Å². The van der Waals surface area contributed by atoms with E-state index < -0.39 is 0 Å². The summed E-state index contributed by atoms with van der Waals surface area (Å²) in [6, 6.07) is 30.6. The summed E-state index contributed by atoms with van der Waals surface area (Å²) < 4.78 is 16.2. The van der Waals surface area contributed by atoms with E-state index in [9.17, 15) is 4.79 Å². The Balaban J connectivity index is 1.09. The number of ether oxygens (including phenoxy) is 3. The van der Waals surface area contributed by atoms with Crippen LogP contribution in [0.1, 0.15) is 44.3 Å². The number of hydrogen-bond acceptors (Lipinski definition) is 7. The number of nitrogens with zero attached hydrogens (tertiary/aromatic N) is 2. The van der Waals surface area contributed by atoms with Crippen molar-refractivity contribution in [3.8, 4) is 11.5 Å². The van der Waals surface area contributed by atoms with Crippen LogP contribution < -0.4 is 20.3 Å². The van der Waals surface area contributed by atoms with Crippen molar-refractivity contribution < 1.29 is 19.0 Å². The smallest absolute Gasteiger partial charge is 0.271 e. The summed E-state index contributed by atoms with van der Waals surface area (Å²) >= 11 is 0. The number of rotatable bonds is 11. The van der Waals surface area contributed by atoms with Gasteiger partial charge in [-0.3, -0.25) is 10.2 Å². The van der Waals surface area contributed by atoms with E-state index >= 15 is 0 Å². The van der Waals surface area contributed by atoms with Crippen molar-refractivity contribution in [2.24, 2.45) is 10.2 Å². The maximum atomic E-state index is 12.4. The lowest BCUT2D eigenvalue weighted by molar-refractivity contribution is 0.0955. The normalized spacial score (nSPS) is 16.2. The van der Waals surface area contributed by atoms with Crippen LogP contribution in [0.15, 0.2) is 107 Å². The second-order valence-corrected chi connectivity index (χ2v) is 9.24. The third kappa shape index (κ3) is 7.68. The molecule has 4 aromatic carbocycles. The molecule has 0 aromatic heterocycles. The molecular weight excluding hydrogens is 516 g/mol. The molecule has 0 bridgehead atoms. The lowest BCUT2D eigenvalue weighted by Gasteiger charge is -2.02. The average molecular weight is 547 g/mol.